The fourth-order valence-electron chi connectivity index (χ4n) is 2.92. The highest BCUT2D eigenvalue weighted by molar-refractivity contribution is 8.00. The highest BCUT2D eigenvalue weighted by atomic mass is 35.5. The number of hydrogen-bond acceptors (Lipinski definition) is 7. The number of amides is 1. The van der Waals surface area contributed by atoms with Crippen LogP contribution in [0.4, 0.5) is 5.69 Å². The summed E-state index contributed by atoms with van der Waals surface area (Å²) in [4.78, 5) is 21.2. The zero-order valence-corrected chi connectivity index (χ0v) is 18.3. The molecule has 10 heteroatoms. The maximum atomic E-state index is 12.5. The third-order valence-corrected chi connectivity index (χ3v) is 5.63. The van der Waals surface area contributed by atoms with E-state index in [0.717, 1.165) is 11.1 Å². The van der Waals surface area contributed by atoms with Crippen molar-refractivity contribution in [3.63, 3.8) is 0 Å². The molecule has 0 spiro atoms. The summed E-state index contributed by atoms with van der Waals surface area (Å²) in [7, 11) is 3.11. The molecule has 0 bridgehead atoms. The van der Waals surface area contributed by atoms with E-state index in [1.165, 1.54) is 18.1 Å². The van der Waals surface area contributed by atoms with E-state index in [-0.39, 0.29) is 11.7 Å². The normalized spacial score (nSPS) is 10.8. The first-order chi connectivity index (χ1) is 15.1. The van der Waals surface area contributed by atoms with E-state index in [0.29, 0.717) is 32.9 Å². The second kappa shape index (κ2) is 9.23. The van der Waals surface area contributed by atoms with Crippen molar-refractivity contribution in [2.24, 2.45) is 0 Å². The molecule has 4 aromatic rings. The van der Waals surface area contributed by atoms with Crippen molar-refractivity contribution < 1.29 is 14.3 Å². The quantitative estimate of drug-likeness (QED) is 0.329. The van der Waals surface area contributed by atoms with E-state index in [1.54, 1.807) is 55.4 Å². The Hall–Kier alpha value is -3.30. The number of thioether (sulfide) groups is 1. The van der Waals surface area contributed by atoms with Crippen molar-refractivity contribution in [3.05, 3.63) is 60.0 Å². The van der Waals surface area contributed by atoms with Crippen molar-refractivity contribution in [3.8, 4) is 17.2 Å². The van der Waals surface area contributed by atoms with Gasteiger partial charge in [-0.05, 0) is 24.3 Å². The third-order valence-electron chi connectivity index (χ3n) is 4.38. The van der Waals surface area contributed by atoms with Gasteiger partial charge in [-0.2, -0.15) is 5.10 Å². The van der Waals surface area contributed by atoms with Crippen molar-refractivity contribution in [1.82, 2.24) is 19.7 Å². The minimum absolute atomic E-state index is 0.164. The summed E-state index contributed by atoms with van der Waals surface area (Å²) < 4.78 is 12.2. The molecule has 31 heavy (non-hydrogen) atoms. The monoisotopic (exact) mass is 455 g/mol. The Kier molecular flexibility index (Phi) is 6.24. The number of nitrogens with zero attached hydrogens (tertiary/aromatic N) is 4. The van der Waals surface area contributed by atoms with E-state index in [2.05, 4.69) is 20.4 Å². The molecule has 0 fully saturated rings. The molecule has 0 atom stereocenters. The molecule has 0 saturated heterocycles. The summed E-state index contributed by atoms with van der Waals surface area (Å²) in [5, 5.41) is 9.34. The molecule has 1 amide bonds. The molecule has 1 N–H and O–H groups in total. The Bertz CT molecular complexity index is 1210. The van der Waals surface area contributed by atoms with Crippen LogP contribution in [0.3, 0.4) is 0 Å². The summed E-state index contributed by atoms with van der Waals surface area (Å²) in [5.74, 6) is 1.17. The number of fused-ring (bicyclic) bond motifs is 1. The van der Waals surface area contributed by atoms with E-state index in [9.17, 15) is 4.79 Å². The van der Waals surface area contributed by atoms with Gasteiger partial charge < -0.3 is 14.8 Å². The number of anilines is 1. The molecular weight excluding hydrogens is 438 g/mol. The van der Waals surface area contributed by atoms with Crippen LogP contribution < -0.4 is 14.8 Å². The lowest BCUT2D eigenvalue weighted by Gasteiger charge is -2.10. The largest absolute Gasteiger partial charge is 0.497 e. The number of methoxy groups -OCH3 is 2. The van der Waals surface area contributed by atoms with Gasteiger partial charge in [-0.15, -0.1) is 0 Å². The van der Waals surface area contributed by atoms with Gasteiger partial charge in [0.15, 0.2) is 5.65 Å². The van der Waals surface area contributed by atoms with Gasteiger partial charge in [0.25, 0.3) is 0 Å². The molecule has 0 aliphatic rings. The van der Waals surface area contributed by atoms with Gasteiger partial charge in [0.1, 0.15) is 22.9 Å². The van der Waals surface area contributed by atoms with E-state index in [1.807, 2.05) is 12.1 Å². The molecule has 4 rings (SSSR count). The van der Waals surface area contributed by atoms with Crippen LogP contribution in [0.1, 0.15) is 0 Å². The highest BCUT2D eigenvalue weighted by Gasteiger charge is 2.14. The van der Waals surface area contributed by atoms with Gasteiger partial charge in [-0.25, -0.2) is 14.6 Å². The minimum atomic E-state index is -0.183. The number of hydrogen-bond donors (Lipinski definition) is 1. The second-order valence-electron chi connectivity index (χ2n) is 6.39. The smallest absolute Gasteiger partial charge is 0.234 e. The van der Waals surface area contributed by atoms with Crippen LogP contribution in [0.15, 0.2) is 60.0 Å². The number of ether oxygens (including phenoxy) is 2. The number of nitrogens with one attached hydrogen (secondary N) is 1. The maximum Gasteiger partial charge on any atom is 0.234 e. The Morgan fingerprint density at radius 3 is 2.48 bits per heavy atom. The lowest BCUT2D eigenvalue weighted by Crippen LogP contribution is -2.14. The molecular formula is C21H18ClN5O3S. The fraction of sp³-hybridized carbons (Fsp3) is 0.143. The van der Waals surface area contributed by atoms with Gasteiger partial charge in [0.05, 0.1) is 37.2 Å². The average Bonchev–Trinajstić information content (AvgIpc) is 3.22. The van der Waals surface area contributed by atoms with E-state index in [4.69, 9.17) is 21.1 Å². The van der Waals surface area contributed by atoms with Crippen LogP contribution in [-0.4, -0.2) is 45.6 Å². The zero-order valence-electron chi connectivity index (χ0n) is 16.7. The minimum Gasteiger partial charge on any atom is -0.497 e. The Morgan fingerprint density at radius 1 is 1.10 bits per heavy atom. The number of benzene rings is 2. The summed E-state index contributed by atoms with van der Waals surface area (Å²) in [5.41, 5.74) is 2.07. The van der Waals surface area contributed by atoms with E-state index < -0.39 is 0 Å². The third kappa shape index (κ3) is 4.73. The summed E-state index contributed by atoms with van der Waals surface area (Å²) in [6.07, 6.45) is 3.15. The van der Waals surface area contributed by atoms with Crippen molar-refractivity contribution in [1.29, 1.82) is 0 Å². The van der Waals surface area contributed by atoms with Crippen LogP contribution in [0, 0.1) is 0 Å². The van der Waals surface area contributed by atoms with Crippen LogP contribution in [0.2, 0.25) is 5.02 Å². The molecule has 158 valence electrons. The number of aromatic nitrogens is 4. The molecule has 2 aromatic heterocycles. The standard InChI is InChI=1S/C21H18ClN5O3S/c1-29-16-7-14(8-17(9-16)30-2)26-19(28)11-31-21-18-10-25-27(20(18)23-12-24-21)15-5-3-13(22)4-6-15/h3-10,12H,11H2,1-2H3,(H,26,28). The highest BCUT2D eigenvalue weighted by Crippen LogP contribution is 2.28. The predicted octanol–water partition coefficient (Wildman–Crippen LogP) is 4.22. The van der Waals surface area contributed by atoms with Gasteiger partial charge >= 0.3 is 0 Å². The fourth-order valence-corrected chi connectivity index (χ4v) is 3.81. The molecule has 0 saturated carbocycles. The second-order valence-corrected chi connectivity index (χ2v) is 7.79. The summed E-state index contributed by atoms with van der Waals surface area (Å²) >= 11 is 7.28. The Labute approximate surface area is 187 Å². The van der Waals surface area contributed by atoms with Gasteiger partial charge in [-0.3, -0.25) is 4.79 Å². The lowest BCUT2D eigenvalue weighted by molar-refractivity contribution is -0.113. The first kappa shape index (κ1) is 21.0. The first-order valence-electron chi connectivity index (χ1n) is 9.18. The molecule has 2 heterocycles. The predicted molar refractivity (Wildman–Crippen MR) is 121 cm³/mol. The maximum absolute atomic E-state index is 12.5. The summed E-state index contributed by atoms with van der Waals surface area (Å²) in [6.45, 7) is 0. The number of halogens is 1. The average molecular weight is 456 g/mol. The van der Waals surface area contributed by atoms with Crippen molar-refractivity contribution in [2.75, 3.05) is 25.3 Å². The number of carbonyl (C=O) groups excluding carboxylic acids is 1. The Morgan fingerprint density at radius 2 is 1.81 bits per heavy atom. The van der Waals surface area contributed by atoms with E-state index >= 15 is 0 Å². The lowest BCUT2D eigenvalue weighted by atomic mass is 10.2. The number of rotatable bonds is 7. The molecule has 0 aliphatic carbocycles. The van der Waals surface area contributed by atoms with Gasteiger partial charge in [0.2, 0.25) is 5.91 Å². The van der Waals surface area contributed by atoms with Gasteiger partial charge in [0, 0.05) is 28.9 Å². The van der Waals surface area contributed by atoms with Crippen LogP contribution in [-0.2, 0) is 4.79 Å². The Balaban J connectivity index is 1.49. The van der Waals surface area contributed by atoms with Crippen LogP contribution >= 0.6 is 23.4 Å². The first-order valence-corrected chi connectivity index (χ1v) is 10.5. The molecule has 2 aromatic carbocycles. The summed E-state index contributed by atoms with van der Waals surface area (Å²) in [6, 6.07) is 12.5. The molecule has 8 nitrogen and oxygen atoms in total. The molecule has 0 unspecified atom stereocenters. The van der Waals surface area contributed by atoms with Gasteiger partial charge in [-0.1, -0.05) is 23.4 Å². The topological polar surface area (TPSA) is 91.2 Å². The van der Waals surface area contributed by atoms with Crippen molar-refractivity contribution in [2.45, 2.75) is 5.03 Å². The number of carbonyl (C=O) groups is 1. The zero-order chi connectivity index (χ0) is 21.8. The van der Waals surface area contributed by atoms with Crippen LogP contribution in [0.5, 0.6) is 11.5 Å². The molecule has 0 radical (unpaired) electrons. The van der Waals surface area contributed by atoms with Crippen LogP contribution in [0.25, 0.3) is 16.7 Å². The SMILES string of the molecule is COc1cc(NC(=O)CSc2ncnc3c2cnn3-c2ccc(Cl)cc2)cc(OC)c1. The molecule has 0 aliphatic heterocycles. The van der Waals surface area contributed by atoms with Crippen molar-refractivity contribution >= 4 is 46.0 Å².